The maximum absolute atomic E-state index is 11.9. The number of hydrogen-bond acceptors (Lipinski definition) is 4. The zero-order valence-electron chi connectivity index (χ0n) is 9.85. The Bertz CT molecular complexity index is 504. The topological polar surface area (TPSA) is 72.6 Å². The van der Waals surface area contributed by atoms with Gasteiger partial charge in [0.25, 0.3) is 5.91 Å². The van der Waals surface area contributed by atoms with E-state index in [-0.39, 0.29) is 17.2 Å². The standard InChI is InChI=1S/C12H13ClN2O3/c1-15-5-4-10(11(15)16)18-12(17)8-3-2-7(13)6-9(8)14/h2-3,6,10H,4-5,14H2,1H3. The van der Waals surface area contributed by atoms with Gasteiger partial charge in [0, 0.05) is 30.7 Å². The van der Waals surface area contributed by atoms with E-state index < -0.39 is 12.1 Å². The number of amides is 1. The van der Waals surface area contributed by atoms with E-state index in [0.717, 1.165) is 0 Å². The van der Waals surface area contributed by atoms with Crippen molar-refractivity contribution in [2.45, 2.75) is 12.5 Å². The maximum Gasteiger partial charge on any atom is 0.341 e. The van der Waals surface area contributed by atoms with Crippen LogP contribution in [-0.2, 0) is 9.53 Å². The predicted octanol–water partition coefficient (Wildman–Crippen LogP) is 1.31. The smallest absolute Gasteiger partial charge is 0.341 e. The van der Waals surface area contributed by atoms with E-state index in [1.807, 2.05) is 0 Å². The molecular formula is C12H13ClN2O3. The van der Waals surface area contributed by atoms with Crippen LogP contribution in [0, 0.1) is 0 Å². The van der Waals surface area contributed by atoms with Crippen LogP contribution in [0.25, 0.3) is 0 Å². The number of likely N-dealkylation sites (tertiary alicyclic amines) is 1. The second kappa shape index (κ2) is 4.86. The molecule has 0 aromatic heterocycles. The molecule has 18 heavy (non-hydrogen) atoms. The fourth-order valence-corrected chi connectivity index (χ4v) is 1.99. The quantitative estimate of drug-likeness (QED) is 0.648. The lowest BCUT2D eigenvalue weighted by Crippen LogP contribution is -2.29. The van der Waals surface area contributed by atoms with E-state index in [1.165, 1.54) is 17.0 Å². The number of halogens is 1. The molecule has 1 aromatic carbocycles. The van der Waals surface area contributed by atoms with E-state index in [0.29, 0.717) is 18.0 Å². The van der Waals surface area contributed by atoms with Crippen molar-refractivity contribution in [3.05, 3.63) is 28.8 Å². The van der Waals surface area contributed by atoms with E-state index >= 15 is 0 Å². The van der Waals surface area contributed by atoms with Crippen molar-refractivity contribution in [1.29, 1.82) is 0 Å². The molecule has 5 nitrogen and oxygen atoms in total. The number of anilines is 1. The van der Waals surface area contributed by atoms with Crippen molar-refractivity contribution in [3.63, 3.8) is 0 Å². The van der Waals surface area contributed by atoms with Crippen molar-refractivity contribution in [2.24, 2.45) is 0 Å². The highest BCUT2D eigenvalue weighted by Crippen LogP contribution is 2.21. The summed E-state index contributed by atoms with van der Waals surface area (Å²) < 4.78 is 5.15. The average Bonchev–Trinajstić information content (AvgIpc) is 2.61. The van der Waals surface area contributed by atoms with Gasteiger partial charge in [-0.1, -0.05) is 11.6 Å². The first-order chi connectivity index (χ1) is 8.49. The molecule has 0 aliphatic carbocycles. The van der Waals surface area contributed by atoms with Crippen LogP contribution in [0.15, 0.2) is 18.2 Å². The minimum Gasteiger partial charge on any atom is -0.449 e. The van der Waals surface area contributed by atoms with Crippen molar-refractivity contribution in [1.82, 2.24) is 4.90 Å². The summed E-state index contributed by atoms with van der Waals surface area (Å²) in [5.74, 6) is -0.784. The van der Waals surface area contributed by atoms with Gasteiger partial charge in [-0.15, -0.1) is 0 Å². The van der Waals surface area contributed by atoms with Gasteiger partial charge < -0.3 is 15.4 Å². The molecule has 1 aliphatic rings. The van der Waals surface area contributed by atoms with Crippen molar-refractivity contribution < 1.29 is 14.3 Å². The van der Waals surface area contributed by atoms with Crippen LogP contribution >= 0.6 is 11.6 Å². The summed E-state index contributed by atoms with van der Waals surface area (Å²) in [6, 6.07) is 4.51. The minimum absolute atomic E-state index is 0.184. The van der Waals surface area contributed by atoms with Crippen molar-refractivity contribution in [2.75, 3.05) is 19.3 Å². The molecule has 1 aliphatic heterocycles. The van der Waals surface area contributed by atoms with Crippen LogP contribution in [0.4, 0.5) is 5.69 Å². The molecule has 0 radical (unpaired) electrons. The first-order valence-electron chi connectivity index (χ1n) is 5.50. The number of carbonyl (C=O) groups excluding carboxylic acids is 2. The molecule has 1 fully saturated rings. The number of likely N-dealkylation sites (N-methyl/N-ethyl adjacent to an activating group) is 1. The highest BCUT2D eigenvalue weighted by atomic mass is 35.5. The first kappa shape index (κ1) is 12.7. The number of carbonyl (C=O) groups is 2. The van der Waals surface area contributed by atoms with E-state index in [4.69, 9.17) is 22.1 Å². The molecular weight excluding hydrogens is 256 g/mol. The molecule has 6 heteroatoms. The Morgan fingerprint density at radius 3 is 2.83 bits per heavy atom. The number of nitrogens with two attached hydrogens (primary N) is 1. The molecule has 0 saturated carbocycles. The second-order valence-corrected chi connectivity index (χ2v) is 4.61. The summed E-state index contributed by atoms with van der Waals surface area (Å²) in [4.78, 5) is 25.0. The lowest BCUT2D eigenvalue weighted by Gasteiger charge is -2.12. The lowest BCUT2D eigenvalue weighted by molar-refractivity contribution is -0.133. The molecule has 2 rings (SSSR count). The summed E-state index contributed by atoms with van der Waals surface area (Å²) in [6.07, 6.45) is -0.202. The molecule has 1 unspecified atom stereocenters. The minimum atomic E-state index is -0.711. The molecule has 1 amide bonds. The normalized spacial score (nSPS) is 19.1. The number of nitrogen functional groups attached to an aromatic ring is 1. The molecule has 96 valence electrons. The number of esters is 1. The molecule has 0 spiro atoms. The highest BCUT2D eigenvalue weighted by Gasteiger charge is 2.32. The van der Waals surface area contributed by atoms with Crippen LogP contribution in [0.2, 0.25) is 5.02 Å². The summed E-state index contributed by atoms with van der Waals surface area (Å²) in [7, 11) is 1.67. The Hall–Kier alpha value is -1.75. The Labute approximate surface area is 109 Å². The van der Waals surface area contributed by atoms with Crippen molar-refractivity contribution >= 4 is 29.2 Å². The van der Waals surface area contributed by atoms with Crippen LogP contribution in [0.1, 0.15) is 16.8 Å². The predicted molar refractivity (Wildman–Crippen MR) is 67.3 cm³/mol. The Morgan fingerprint density at radius 1 is 1.56 bits per heavy atom. The van der Waals surface area contributed by atoms with Gasteiger partial charge >= 0.3 is 5.97 Å². The summed E-state index contributed by atoms with van der Waals surface area (Å²) >= 11 is 5.74. The van der Waals surface area contributed by atoms with Gasteiger partial charge in [0.15, 0.2) is 6.10 Å². The number of benzene rings is 1. The van der Waals surface area contributed by atoms with Crippen LogP contribution < -0.4 is 5.73 Å². The first-order valence-corrected chi connectivity index (χ1v) is 5.88. The third-order valence-corrected chi connectivity index (χ3v) is 3.10. The Kier molecular flexibility index (Phi) is 3.43. The molecule has 0 bridgehead atoms. The third kappa shape index (κ3) is 2.41. The van der Waals surface area contributed by atoms with E-state index in [9.17, 15) is 9.59 Å². The Balaban J connectivity index is 2.11. The highest BCUT2D eigenvalue weighted by molar-refractivity contribution is 6.31. The van der Waals surface area contributed by atoms with Gasteiger partial charge in [0.1, 0.15) is 0 Å². The van der Waals surface area contributed by atoms with Gasteiger partial charge in [0.05, 0.1) is 5.56 Å². The SMILES string of the molecule is CN1CCC(OC(=O)c2ccc(Cl)cc2N)C1=O. The lowest BCUT2D eigenvalue weighted by atomic mass is 10.2. The van der Waals surface area contributed by atoms with Gasteiger partial charge in [-0.2, -0.15) is 0 Å². The molecule has 2 N–H and O–H groups in total. The summed E-state index contributed by atoms with van der Waals surface area (Å²) in [6.45, 7) is 0.590. The summed E-state index contributed by atoms with van der Waals surface area (Å²) in [5, 5.41) is 0.445. The number of ether oxygens (including phenoxy) is 1. The van der Waals surface area contributed by atoms with Gasteiger partial charge in [0.2, 0.25) is 0 Å². The van der Waals surface area contributed by atoms with Crippen LogP contribution in [0.3, 0.4) is 0 Å². The van der Waals surface area contributed by atoms with Gasteiger partial charge in [-0.05, 0) is 18.2 Å². The zero-order valence-corrected chi connectivity index (χ0v) is 10.6. The number of hydrogen-bond donors (Lipinski definition) is 1. The fraction of sp³-hybridized carbons (Fsp3) is 0.333. The Morgan fingerprint density at radius 2 is 2.28 bits per heavy atom. The fourth-order valence-electron chi connectivity index (χ4n) is 1.81. The number of rotatable bonds is 2. The second-order valence-electron chi connectivity index (χ2n) is 4.17. The maximum atomic E-state index is 11.9. The van der Waals surface area contributed by atoms with E-state index in [1.54, 1.807) is 13.1 Å². The molecule has 1 saturated heterocycles. The molecule has 1 heterocycles. The molecule has 1 aromatic rings. The largest absolute Gasteiger partial charge is 0.449 e. The average molecular weight is 269 g/mol. The number of nitrogens with zero attached hydrogens (tertiary/aromatic N) is 1. The van der Waals surface area contributed by atoms with Crippen LogP contribution in [-0.4, -0.2) is 36.5 Å². The third-order valence-electron chi connectivity index (χ3n) is 2.86. The van der Waals surface area contributed by atoms with Crippen molar-refractivity contribution in [3.8, 4) is 0 Å². The molecule has 1 atom stereocenters. The van der Waals surface area contributed by atoms with E-state index in [2.05, 4.69) is 0 Å². The zero-order chi connectivity index (χ0) is 13.3. The van der Waals surface area contributed by atoms with Gasteiger partial charge in [-0.3, -0.25) is 4.79 Å². The van der Waals surface area contributed by atoms with Crippen LogP contribution in [0.5, 0.6) is 0 Å². The monoisotopic (exact) mass is 268 g/mol. The van der Waals surface area contributed by atoms with Gasteiger partial charge in [-0.25, -0.2) is 4.79 Å². The summed E-state index contributed by atoms with van der Waals surface area (Å²) in [5.41, 5.74) is 6.14.